The summed E-state index contributed by atoms with van der Waals surface area (Å²) in [5, 5.41) is 6.00. The van der Waals surface area contributed by atoms with Crippen LogP contribution in [0.5, 0.6) is 0 Å². The van der Waals surface area contributed by atoms with E-state index in [0.29, 0.717) is 6.04 Å². The smallest absolute Gasteiger partial charge is 0.319 e. The molecule has 4 atom stereocenters. The molecule has 6 rings (SSSR count). The summed E-state index contributed by atoms with van der Waals surface area (Å²) in [5.74, 6) is 1.51. The molecule has 0 aromatic heterocycles. The van der Waals surface area contributed by atoms with Crippen LogP contribution < -0.4 is 15.5 Å². The number of fused-ring (bicyclic) bond motifs is 4. The van der Waals surface area contributed by atoms with Crippen LogP contribution in [-0.4, -0.2) is 49.7 Å². The largest absolute Gasteiger partial charge is 0.371 e. The zero-order chi connectivity index (χ0) is 19.6. The molecule has 2 aromatic rings. The number of rotatable bonds is 5. The van der Waals surface area contributed by atoms with Gasteiger partial charge in [0.25, 0.3) is 0 Å². The van der Waals surface area contributed by atoms with Crippen LogP contribution in [0.15, 0.2) is 54.6 Å². The molecule has 2 aromatic carbocycles. The Morgan fingerprint density at radius 1 is 1.03 bits per heavy atom. The molecule has 5 nitrogen and oxygen atoms in total. The number of piperidine rings is 3. The second kappa shape index (κ2) is 8.07. The lowest BCUT2D eigenvalue weighted by atomic mass is 9.75. The first-order chi connectivity index (χ1) is 14.3. The van der Waals surface area contributed by atoms with E-state index in [1.54, 1.807) is 0 Å². The molecule has 3 saturated heterocycles. The van der Waals surface area contributed by atoms with Crippen LogP contribution in [0.4, 0.5) is 16.2 Å². The molecular formula is C24H30N4O. The van der Waals surface area contributed by atoms with Gasteiger partial charge in [-0.1, -0.05) is 36.4 Å². The molecule has 1 unspecified atom stereocenters. The van der Waals surface area contributed by atoms with Gasteiger partial charge < -0.3 is 15.5 Å². The van der Waals surface area contributed by atoms with Gasteiger partial charge >= 0.3 is 6.03 Å². The minimum atomic E-state index is -0.107. The average molecular weight is 391 g/mol. The first kappa shape index (κ1) is 18.5. The van der Waals surface area contributed by atoms with Gasteiger partial charge in [-0.15, -0.1) is 0 Å². The molecule has 0 spiro atoms. The van der Waals surface area contributed by atoms with Gasteiger partial charge in [-0.3, -0.25) is 4.90 Å². The Labute approximate surface area is 173 Å². The van der Waals surface area contributed by atoms with Gasteiger partial charge in [0.2, 0.25) is 0 Å². The molecule has 0 radical (unpaired) electrons. The van der Waals surface area contributed by atoms with Crippen molar-refractivity contribution in [3.05, 3.63) is 60.2 Å². The maximum absolute atomic E-state index is 12.2. The first-order valence-electron chi connectivity index (χ1n) is 10.9. The van der Waals surface area contributed by atoms with Crippen LogP contribution in [0.2, 0.25) is 0 Å². The molecule has 152 valence electrons. The number of nitrogens with zero attached hydrogens (tertiary/aromatic N) is 2. The zero-order valence-electron chi connectivity index (χ0n) is 16.9. The van der Waals surface area contributed by atoms with Crippen molar-refractivity contribution in [2.75, 3.05) is 42.9 Å². The Kier molecular flexibility index (Phi) is 5.15. The summed E-state index contributed by atoms with van der Waals surface area (Å²) in [6.07, 6.45) is 3.68. The number of urea groups is 1. The molecule has 3 fully saturated rings. The Bertz CT molecular complexity index is 855. The third-order valence-electron chi connectivity index (χ3n) is 6.98. The number of amides is 2. The highest BCUT2D eigenvalue weighted by atomic mass is 16.2. The second-order valence-corrected chi connectivity index (χ2v) is 8.72. The van der Waals surface area contributed by atoms with Gasteiger partial charge in [-0.05, 0) is 61.4 Å². The lowest BCUT2D eigenvalue weighted by Gasteiger charge is -2.50. The Hall–Kier alpha value is -2.53. The molecule has 4 aliphatic rings. The van der Waals surface area contributed by atoms with Crippen LogP contribution in [0, 0.1) is 11.8 Å². The fourth-order valence-corrected chi connectivity index (χ4v) is 5.46. The maximum Gasteiger partial charge on any atom is 0.319 e. The molecule has 4 heterocycles. The van der Waals surface area contributed by atoms with Crippen molar-refractivity contribution in [2.24, 2.45) is 11.8 Å². The van der Waals surface area contributed by atoms with Crippen molar-refractivity contribution in [2.45, 2.75) is 25.3 Å². The maximum atomic E-state index is 12.2. The number of hydrogen-bond donors (Lipinski definition) is 2. The molecule has 0 aliphatic carbocycles. The van der Waals surface area contributed by atoms with E-state index in [9.17, 15) is 4.79 Å². The predicted molar refractivity (Wildman–Crippen MR) is 117 cm³/mol. The van der Waals surface area contributed by atoms with Gasteiger partial charge in [0.15, 0.2) is 0 Å². The Balaban J connectivity index is 1.13. The highest BCUT2D eigenvalue weighted by Gasteiger charge is 2.41. The summed E-state index contributed by atoms with van der Waals surface area (Å²) < 4.78 is 0. The van der Waals surface area contributed by atoms with Gasteiger partial charge in [-0.25, -0.2) is 4.79 Å². The van der Waals surface area contributed by atoms with Crippen LogP contribution in [0.1, 0.15) is 18.4 Å². The topological polar surface area (TPSA) is 47.6 Å². The van der Waals surface area contributed by atoms with Crippen LogP contribution in [0.25, 0.3) is 0 Å². The Morgan fingerprint density at radius 3 is 2.69 bits per heavy atom. The standard InChI is InChI=1S/C24H30N4O/c29-24(26-21-7-2-1-3-8-21)25-15-22-14-19-11-12-27(22)16-20(19)17-28-13-10-18-6-4-5-9-23(18)28/h1-9,19-20,22H,10-17H2,(H2,25,26,29)/t19-,20-,22-/m1/s1. The normalized spacial score (nSPS) is 27.5. The first-order valence-corrected chi connectivity index (χ1v) is 10.9. The fourth-order valence-electron chi connectivity index (χ4n) is 5.46. The molecular weight excluding hydrogens is 360 g/mol. The predicted octanol–water partition coefficient (Wildman–Crippen LogP) is 3.58. The number of hydrogen-bond acceptors (Lipinski definition) is 3. The number of benzene rings is 2. The third kappa shape index (κ3) is 3.97. The highest BCUT2D eigenvalue weighted by molar-refractivity contribution is 5.89. The third-order valence-corrected chi connectivity index (χ3v) is 6.98. The summed E-state index contributed by atoms with van der Waals surface area (Å²) in [4.78, 5) is 17.4. The summed E-state index contributed by atoms with van der Waals surface area (Å²) >= 11 is 0. The molecule has 0 saturated carbocycles. The molecule has 4 aliphatic heterocycles. The van der Waals surface area contributed by atoms with Gasteiger partial charge in [0.1, 0.15) is 0 Å². The highest BCUT2D eigenvalue weighted by Crippen LogP contribution is 2.38. The summed E-state index contributed by atoms with van der Waals surface area (Å²) in [6, 6.07) is 18.9. The van der Waals surface area contributed by atoms with Crippen LogP contribution >= 0.6 is 0 Å². The van der Waals surface area contributed by atoms with Crippen molar-refractivity contribution >= 4 is 17.4 Å². The molecule has 29 heavy (non-hydrogen) atoms. The van der Waals surface area contributed by atoms with Gasteiger partial charge in [0.05, 0.1) is 0 Å². The zero-order valence-corrected chi connectivity index (χ0v) is 16.9. The van der Waals surface area contributed by atoms with Crippen molar-refractivity contribution in [1.82, 2.24) is 10.2 Å². The molecule has 5 heteroatoms. The van der Waals surface area contributed by atoms with Gasteiger partial charge in [0, 0.05) is 43.6 Å². The summed E-state index contributed by atoms with van der Waals surface area (Å²) in [6.45, 7) is 5.40. The monoisotopic (exact) mass is 390 g/mol. The van der Waals surface area contributed by atoms with E-state index < -0.39 is 0 Å². The number of nitrogens with one attached hydrogen (secondary N) is 2. The SMILES string of the molecule is O=C(NC[C@H]1C[C@H]2CCN1C[C@@H]2CN1CCc2ccccc21)Nc1ccccc1. The van der Waals surface area contributed by atoms with Crippen molar-refractivity contribution < 1.29 is 4.79 Å². The summed E-state index contributed by atoms with van der Waals surface area (Å²) in [5.41, 5.74) is 3.78. The van der Waals surface area contributed by atoms with E-state index >= 15 is 0 Å². The van der Waals surface area contributed by atoms with E-state index in [0.717, 1.165) is 37.2 Å². The lowest BCUT2D eigenvalue weighted by Crippen LogP contribution is -2.58. The molecule has 2 bridgehead atoms. The number of anilines is 2. The lowest BCUT2D eigenvalue weighted by molar-refractivity contribution is 0.00590. The average Bonchev–Trinajstić information content (AvgIpc) is 3.17. The van der Waals surface area contributed by atoms with E-state index in [1.165, 1.54) is 43.6 Å². The molecule has 2 amide bonds. The Morgan fingerprint density at radius 2 is 1.86 bits per heavy atom. The molecule has 2 N–H and O–H groups in total. The van der Waals surface area contributed by atoms with Crippen LogP contribution in [-0.2, 0) is 6.42 Å². The minimum Gasteiger partial charge on any atom is -0.371 e. The fraction of sp³-hybridized carbons (Fsp3) is 0.458. The number of carbonyl (C=O) groups excluding carboxylic acids is 1. The summed E-state index contributed by atoms with van der Waals surface area (Å²) in [7, 11) is 0. The van der Waals surface area contributed by atoms with Crippen molar-refractivity contribution in [3.8, 4) is 0 Å². The number of para-hydroxylation sites is 2. The van der Waals surface area contributed by atoms with Crippen molar-refractivity contribution in [1.29, 1.82) is 0 Å². The number of carbonyl (C=O) groups is 1. The van der Waals surface area contributed by atoms with E-state index in [4.69, 9.17) is 0 Å². The van der Waals surface area contributed by atoms with Crippen molar-refractivity contribution in [3.63, 3.8) is 0 Å². The van der Waals surface area contributed by atoms with E-state index in [-0.39, 0.29) is 6.03 Å². The quantitative estimate of drug-likeness (QED) is 0.820. The van der Waals surface area contributed by atoms with Gasteiger partial charge in [-0.2, -0.15) is 0 Å². The second-order valence-electron chi connectivity index (χ2n) is 8.72. The van der Waals surface area contributed by atoms with E-state index in [2.05, 4.69) is 44.7 Å². The van der Waals surface area contributed by atoms with E-state index in [1.807, 2.05) is 30.3 Å². The minimum absolute atomic E-state index is 0.107. The van der Waals surface area contributed by atoms with Crippen LogP contribution in [0.3, 0.4) is 0 Å².